The number of aryl methyl sites for hydroxylation is 1. The molecule has 1 fully saturated rings. The van der Waals surface area contributed by atoms with Gasteiger partial charge in [-0.15, -0.1) is 11.3 Å². The van der Waals surface area contributed by atoms with Gasteiger partial charge in [0.1, 0.15) is 0 Å². The van der Waals surface area contributed by atoms with Crippen molar-refractivity contribution >= 4 is 33.0 Å². The molecule has 9 heteroatoms. The Labute approximate surface area is 179 Å². The topological polar surface area (TPSA) is 92.5 Å². The number of aromatic nitrogens is 1. The Balaban J connectivity index is 1.55. The molecule has 1 N–H and O–H groups in total. The van der Waals surface area contributed by atoms with Crippen molar-refractivity contribution < 1.29 is 17.7 Å². The molecule has 4 rings (SSSR count). The molecule has 3 heterocycles. The Hall–Kier alpha value is -2.49. The smallest absolute Gasteiger partial charge is 0.277 e. The third-order valence-corrected chi connectivity index (χ3v) is 8.06. The third-order valence-electron chi connectivity index (χ3n) is 5.14. The van der Waals surface area contributed by atoms with E-state index in [-0.39, 0.29) is 10.6 Å². The van der Waals surface area contributed by atoms with Crippen molar-refractivity contribution in [1.82, 2.24) is 9.46 Å². The molecule has 1 amide bonds. The number of nitrogens with zero attached hydrogens (tertiary/aromatic N) is 2. The van der Waals surface area contributed by atoms with Crippen LogP contribution >= 0.6 is 11.3 Å². The summed E-state index contributed by atoms with van der Waals surface area (Å²) in [5.74, 6) is 0.0621. The number of sulfonamides is 1. The Kier molecular flexibility index (Phi) is 6.03. The van der Waals surface area contributed by atoms with Gasteiger partial charge in [-0.1, -0.05) is 30.1 Å². The second-order valence-electron chi connectivity index (χ2n) is 7.31. The molecule has 0 atom stereocenters. The molecule has 0 bridgehead atoms. The fourth-order valence-electron chi connectivity index (χ4n) is 3.49. The summed E-state index contributed by atoms with van der Waals surface area (Å²) >= 11 is 1.49. The summed E-state index contributed by atoms with van der Waals surface area (Å²) in [6, 6.07) is 10.3. The second kappa shape index (κ2) is 8.71. The first-order valence-electron chi connectivity index (χ1n) is 9.88. The van der Waals surface area contributed by atoms with E-state index in [2.05, 4.69) is 10.5 Å². The first-order chi connectivity index (χ1) is 14.4. The summed E-state index contributed by atoms with van der Waals surface area (Å²) in [6.07, 6.45) is 3.83. The number of thiophene rings is 1. The molecule has 30 heavy (non-hydrogen) atoms. The molecule has 0 unspecified atom stereocenters. The number of anilines is 1. The Morgan fingerprint density at radius 2 is 1.90 bits per heavy atom. The normalized spacial score (nSPS) is 15.6. The Morgan fingerprint density at radius 3 is 2.60 bits per heavy atom. The summed E-state index contributed by atoms with van der Waals surface area (Å²) < 4.78 is 33.2. The minimum absolute atomic E-state index is 0.135. The number of amides is 1. The summed E-state index contributed by atoms with van der Waals surface area (Å²) in [4.78, 5) is 13.7. The van der Waals surface area contributed by atoms with E-state index in [1.165, 1.54) is 17.4 Å². The van der Waals surface area contributed by atoms with Crippen molar-refractivity contribution in [2.24, 2.45) is 0 Å². The zero-order chi connectivity index (χ0) is 21.1. The molecule has 1 aromatic carbocycles. The highest BCUT2D eigenvalue weighted by molar-refractivity contribution is 7.89. The van der Waals surface area contributed by atoms with Gasteiger partial charge < -0.3 is 9.84 Å². The Bertz CT molecular complexity index is 1130. The number of rotatable bonds is 5. The largest absolute Gasteiger partial charge is 0.355 e. The molecule has 0 radical (unpaired) electrons. The number of hydrogen-bond acceptors (Lipinski definition) is 6. The van der Waals surface area contributed by atoms with E-state index >= 15 is 0 Å². The van der Waals surface area contributed by atoms with E-state index < -0.39 is 15.9 Å². The van der Waals surface area contributed by atoms with Gasteiger partial charge in [0.05, 0.1) is 9.77 Å². The zero-order valence-corrected chi connectivity index (χ0v) is 18.3. The molecule has 1 aliphatic rings. The highest BCUT2D eigenvalue weighted by Crippen LogP contribution is 2.27. The SMILES string of the molecule is Cc1ccc(NC(=O)c2cc(-c3cccs3)on2)cc1S(=O)(=O)N1CCCCCC1. The van der Waals surface area contributed by atoms with E-state index in [4.69, 9.17) is 4.52 Å². The molecule has 0 aliphatic carbocycles. The average Bonchev–Trinajstić information content (AvgIpc) is 3.35. The molecular formula is C21H23N3O4S2. The van der Waals surface area contributed by atoms with E-state index in [0.29, 0.717) is 30.1 Å². The summed E-state index contributed by atoms with van der Waals surface area (Å²) in [5.41, 5.74) is 1.19. The fourth-order valence-corrected chi connectivity index (χ4v) is 5.93. The molecule has 1 aliphatic heterocycles. The lowest BCUT2D eigenvalue weighted by Gasteiger charge is -2.21. The maximum Gasteiger partial charge on any atom is 0.277 e. The van der Waals surface area contributed by atoms with Crippen molar-refractivity contribution in [3.63, 3.8) is 0 Å². The quantitative estimate of drug-likeness (QED) is 0.623. The van der Waals surface area contributed by atoms with Crippen LogP contribution in [0.25, 0.3) is 10.6 Å². The average molecular weight is 446 g/mol. The third kappa shape index (κ3) is 4.33. The highest BCUT2D eigenvalue weighted by atomic mass is 32.2. The summed E-state index contributed by atoms with van der Waals surface area (Å²) in [5, 5.41) is 8.48. The van der Waals surface area contributed by atoms with Gasteiger partial charge in [0.2, 0.25) is 10.0 Å². The summed E-state index contributed by atoms with van der Waals surface area (Å²) in [7, 11) is -3.62. The molecule has 2 aromatic heterocycles. The van der Waals surface area contributed by atoms with Crippen molar-refractivity contribution in [1.29, 1.82) is 0 Å². The van der Waals surface area contributed by atoms with Gasteiger partial charge in [0.15, 0.2) is 11.5 Å². The molecule has 1 saturated heterocycles. The van der Waals surface area contributed by atoms with Crippen molar-refractivity contribution in [2.45, 2.75) is 37.5 Å². The summed E-state index contributed by atoms with van der Waals surface area (Å²) in [6.45, 7) is 2.83. The van der Waals surface area contributed by atoms with Crippen molar-refractivity contribution in [3.8, 4) is 10.6 Å². The monoisotopic (exact) mass is 445 g/mol. The van der Waals surface area contributed by atoms with E-state index in [9.17, 15) is 13.2 Å². The van der Waals surface area contributed by atoms with Crippen molar-refractivity contribution in [3.05, 3.63) is 53.0 Å². The van der Waals surface area contributed by atoms with E-state index in [1.54, 1.807) is 29.4 Å². The lowest BCUT2D eigenvalue weighted by Crippen LogP contribution is -2.32. The van der Waals surface area contributed by atoms with Crippen LogP contribution in [-0.4, -0.2) is 36.9 Å². The van der Waals surface area contributed by atoms with Crippen LogP contribution in [0.4, 0.5) is 5.69 Å². The maximum absolute atomic E-state index is 13.2. The van der Waals surface area contributed by atoms with Gasteiger partial charge in [-0.05, 0) is 48.9 Å². The van der Waals surface area contributed by atoms with Gasteiger partial charge in [-0.2, -0.15) is 4.31 Å². The minimum atomic E-state index is -3.62. The van der Waals surface area contributed by atoms with Gasteiger partial charge in [-0.3, -0.25) is 4.79 Å². The van der Waals surface area contributed by atoms with Crippen molar-refractivity contribution in [2.75, 3.05) is 18.4 Å². The van der Waals surface area contributed by atoms with Crippen LogP contribution in [0.1, 0.15) is 41.7 Å². The van der Waals surface area contributed by atoms with Gasteiger partial charge >= 0.3 is 0 Å². The van der Waals surface area contributed by atoms with Crippen LogP contribution in [0.15, 0.2) is 51.2 Å². The first-order valence-corrected chi connectivity index (χ1v) is 12.2. The first kappa shape index (κ1) is 20.8. The van der Waals surface area contributed by atoms with E-state index in [1.807, 2.05) is 17.5 Å². The molecule has 3 aromatic rings. The standard InChI is InChI=1S/C21H23N3O4S2/c1-15-8-9-16(13-20(15)30(26,27)24-10-4-2-3-5-11-24)22-21(25)17-14-18(28-23-17)19-7-6-12-29-19/h6-9,12-14H,2-5,10-11H2,1H3,(H,22,25). The molecule has 7 nitrogen and oxygen atoms in total. The predicted molar refractivity (Wildman–Crippen MR) is 116 cm³/mol. The second-order valence-corrected chi connectivity index (χ2v) is 10.2. The molecule has 0 saturated carbocycles. The molecular weight excluding hydrogens is 422 g/mol. The number of hydrogen-bond donors (Lipinski definition) is 1. The Morgan fingerprint density at radius 1 is 1.13 bits per heavy atom. The number of carbonyl (C=O) groups is 1. The van der Waals surface area contributed by atoms with Crippen LogP contribution in [-0.2, 0) is 10.0 Å². The number of carbonyl (C=O) groups excluding carboxylic acids is 1. The lowest BCUT2D eigenvalue weighted by molar-refractivity contribution is 0.101. The molecule has 0 spiro atoms. The van der Waals surface area contributed by atoms with E-state index in [0.717, 1.165) is 30.6 Å². The molecule has 158 valence electrons. The van der Waals surface area contributed by atoms with Crippen LogP contribution in [0.2, 0.25) is 0 Å². The number of benzene rings is 1. The fraction of sp³-hybridized carbons (Fsp3) is 0.333. The minimum Gasteiger partial charge on any atom is -0.355 e. The highest BCUT2D eigenvalue weighted by Gasteiger charge is 2.27. The van der Waals surface area contributed by atoms with Gasteiger partial charge in [0.25, 0.3) is 5.91 Å². The van der Waals surface area contributed by atoms with Gasteiger partial charge in [-0.25, -0.2) is 8.42 Å². The number of nitrogens with one attached hydrogen (secondary N) is 1. The predicted octanol–water partition coefficient (Wildman–Crippen LogP) is 4.53. The van der Waals surface area contributed by atoms with Crippen LogP contribution in [0.5, 0.6) is 0 Å². The van der Waals surface area contributed by atoms with Gasteiger partial charge in [0, 0.05) is 24.8 Å². The lowest BCUT2D eigenvalue weighted by atomic mass is 10.2. The van der Waals surface area contributed by atoms with Crippen LogP contribution < -0.4 is 5.32 Å². The van der Waals surface area contributed by atoms with Crippen LogP contribution in [0, 0.1) is 6.92 Å². The maximum atomic E-state index is 13.2. The van der Waals surface area contributed by atoms with Crippen LogP contribution in [0.3, 0.4) is 0 Å². The zero-order valence-electron chi connectivity index (χ0n) is 16.6.